The van der Waals surface area contributed by atoms with Gasteiger partial charge in [0.2, 0.25) is 0 Å². The average Bonchev–Trinajstić information content (AvgIpc) is 3.27. The first-order chi connectivity index (χ1) is 17.0. The third-order valence-electron chi connectivity index (χ3n) is 6.79. The molecule has 0 amide bonds. The van der Waals surface area contributed by atoms with Crippen LogP contribution in [-0.4, -0.2) is 156 Å². The molecule has 17 nitrogen and oxygen atoms in total. The third kappa shape index (κ3) is 4.91. The van der Waals surface area contributed by atoms with E-state index in [0.717, 1.165) is 0 Å². The summed E-state index contributed by atoms with van der Waals surface area (Å²) in [4.78, 5) is 0. The van der Waals surface area contributed by atoms with Crippen molar-refractivity contribution >= 4 is 10.4 Å². The quantitative estimate of drug-likeness (QED) is 0.146. The van der Waals surface area contributed by atoms with Gasteiger partial charge in [-0.05, 0) is 0 Å². The second-order valence-corrected chi connectivity index (χ2v) is 10.1. The highest BCUT2D eigenvalue weighted by molar-refractivity contribution is 7.80. The van der Waals surface area contributed by atoms with Crippen LogP contribution in [0.4, 0.5) is 0 Å². The van der Waals surface area contributed by atoms with Crippen LogP contribution in [0.1, 0.15) is 0 Å². The summed E-state index contributed by atoms with van der Waals surface area (Å²) in [6, 6.07) is 0. The summed E-state index contributed by atoms with van der Waals surface area (Å²) in [5, 5.41) is 61.1. The molecule has 5 aliphatic heterocycles. The van der Waals surface area contributed by atoms with Crippen molar-refractivity contribution in [3.05, 3.63) is 0 Å². The van der Waals surface area contributed by atoms with Crippen LogP contribution >= 0.6 is 0 Å². The molecule has 5 aliphatic rings. The molecule has 0 radical (unpaired) electrons. The zero-order valence-electron chi connectivity index (χ0n) is 18.4. The fraction of sp³-hybridized carbons (Fsp3) is 1.00. The number of hydrogen-bond donors (Lipinski definition) is 7. The smallest absolute Gasteiger partial charge is 0.394 e. The minimum Gasteiger partial charge on any atom is -0.394 e. The van der Waals surface area contributed by atoms with Crippen molar-refractivity contribution in [2.45, 2.75) is 92.1 Å². The molecule has 5 rings (SSSR count). The molecular formula is C18H28O17S. The average molecular weight is 548 g/mol. The van der Waals surface area contributed by atoms with E-state index in [4.69, 9.17) is 37.3 Å². The zero-order valence-corrected chi connectivity index (χ0v) is 19.2. The lowest BCUT2D eigenvalue weighted by molar-refractivity contribution is -0.360. The zero-order chi connectivity index (χ0) is 25.9. The number of ether oxygens (including phenoxy) is 7. The maximum Gasteiger partial charge on any atom is 0.397 e. The molecule has 0 saturated carbocycles. The van der Waals surface area contributed by atoms with Gasteiger partial charge < -0.3 is 63.8 Å². The summed E-state index contributed by atoms with van der Waals surface area (Å²) in [6.45, 7) is -0.959. The lowest BCUT2D eigenvalue weighted by Gasteiger charge is -2.46. The number of aliphatic hydroxyl groups is 6. The summed E-state index contributed by atoms with van der Waals surface area (Å²) in [5.41, 5.74) is 0. The second kappa shape index (κ2) is 10.2. The SMILES string of the molecule is O=S(=O)(O)O[C@H]1[C@H](O[C@@H]2[C@@H]3OC[C@H]2OC(O)[C@@H]3O)O[C@H](CO)[C@H](O)[C@@H]1O[C@H]1O[C@@H]2CO[C@@H]([C@H]2O)[C@H]1O. The van der Waals surface area contributed by atoms with Gasteiger partial charge >= 0.3 is 10.4 Å². The van der Waals surface area contributed by atoms with Crippen molar-refractivity contribution in [3.63, 3.8) is 0 Å². The van der Waals surface area contributed by atoms with Crippen LogP contribution in [0.2, 0.25) is 0 Å². The molecule has 1 unspecified atom stereocenters. The van der Waals surface area contributed by atoms with Gasteiger partial charge in [0.25, 0.3) is 0 Å². The second-order valence-electron chi connectivity index (χ2n) is 9.08. The molecule has 5 fully saturated rings. The van der Waals surface area contributed by atoms with Crippen LogP contribution in [0.3, 0.4) is 0 Å². The van der Waals surface area contributed by atoms with Gasteiger partial charge in [0, 0.05) is 0 Å². The maximum absolute atomic E-state index is 11.7. The predicted molar refractivity (Wildman–Crippen MR) is 105 cm³/mol. The first kappa shape index (κ1) is 26.9. The number of fused-ring (bicyclic) bond motifs is 4. The van der Waals surface area contributed by atoms with Gasteiger partial charge in [-0.1, -0.05) is 0 Å². The van der Waals surface area contributed by atoms with Crippen LogP contribution in [-0.2, 0) is 47.7 Å². The molecule has 7 N–H and O–H groups in total. The Labute approximate surface area is 203 Å². The van der Waals surface area contributed by atoms with E-state index >= 15 is 0 Å². The Morgan fingerprint density at radius 2 is 1.39 bits per heavy atom. The molecule has 5 saturated heterocycles. The van der Waals surface area contributed by atoms with E-state index < -0.39 is 109 Å². The molecule has 4 bridgehead atoms. The monoisotopic (exact) mass is 548 g/mol. The fourth-order valence-electron chi connectivity index (χ4n) is 5.02. The standard InChI is InChI=1S/C18H28O17S/c19-1-4-7(20)14(34-17-10(23)12-8(21)5(32-17)2-28-12)15(35-36(25,26)27)18(31-4)33-11-6-3-29-13(11)9(22)16(24)30-6/h4-24H,1-3H2,(H,25,26,27)/t4-,5-,6-,7+,8+,9-,10-,11+,12+,13-,14+,15-,16?,17-,18+/m1/s1. The van der Waals surface area contributed by atoms with Crippen LogP contribution < -0.4 is 0 Å². The molecular weight excluding hydrogens is 520 g/mol. The van der Waals surface area contributed by atoms with E-state index in [0.29, 0.717) is 0 Å². The Balaban J connectivity index is 1.40. The summed E-state index contributed by atoms with van der Waals surface area (Å²) >= 11 is 0. The Bertz CT molecular complexity index is 889. The van der Waals surface area contributed by atoms with Gasteiger partial charge in [-0.2, -0.15) is 8.42 Å². The summed E-state index contributed by atoms with van der Waals surface area (Å²) in [5.74, 6) is 0. The molecule has 18 heteroatoms. The summed E-state index contributed by atoms with van der Waals surface area (Å²) in [7, 11) is -5.21. The minimum absolute atomic E-state index is 0.0618. The molecule has 15 atom stereocenters. The number of aliphatic hydroxyl groups excluding tert-OH is 6. The highest BCUT2D eigenvalue weighted by Crippen LogP contribution is 2.37. The van der Waals surface area contributed by atoms with Crippen LogP contribution in [0, 0.1) is 0 Å². The first-order valence-electron chi connectivity index (χ1n) is 11.2. The van der Waals surface area contributed by atoms with Gasteiger partial charge in [-0.3, -0.25) is 4.55 Å². The molecule has 0 aromatic heterocycles. The van der Waals surface area contributed by atoms with Crippen LogP contribution in [0.5, 0.6) is 0 Å². The van der Waals surface area contributed by atoms with Crippen molar-refractivity contribution in [3.8, 4) is 0 Å². The van der Waals surface area contributed by atoms with E-state index in [1.165, 1.54) is 0 Å². The largest absolute Gasteiger partial charge is 0.397 e. The van der Waals surface area contributed by atoms with E-state index in [1.807, 2.05) is 0 Å². The van der Waals surface area contributed by atoms with E-state index in [1.54, 1.807) is 0 Å². The van der Waals surface area contributed by atoms with Gasteiger partial charge in [-0.15, -0.1) is 0 Å². The Morgan fingerprint density at radius 3 is 2.08 bits per heavy atom. The molecule has 0 aromatic carbocycles. The number of hydrogen-bond acceptors (Lipinski definition) is 16. The Hall–Kier alpha value is -0.650. The van der Waals surface area contributed by atoms with Crippen LogP contribution in [0.15, 0.2) is 0 Å². The van der Waals surface area contributed by atoms with Gasteiger partial charge in [0.15, 0.2) is 25.0 Å². The molecule has 0 aliphatic carbocycles. The van der Waals surface area contributed by atoms with E-state index in [2.05, 4.69) is 0 Å². The molecule has 5 heterocycles. The molecule has 208 valence electrons. The van der Waals surface area contributed by atoms with Crippen molar-refractivity contribution < 1.29 is 81.0 Å². The van der Waals surface area contributed by atoms with Crippen LogP contribution in [0.25, 0.3) is 0 Å². The molecule has 36 heavy (non-hydrogen) atoms. The normalized spacial score (nSPS) is 53.0. The fourth-order valence-corrected chi connectivity index (χ4v) is 5.50. The topological polar surface area (TPSA) is 250 Å². The number of rotatable bonds is 7. The van der Waals surface area contributed by atoms with Gasteiger partial charge in [0.1, 0.15) is 67.1 Å². The third-order valence-corrected chi connectivity index (χ3v) is 7.26. The molecule has 0 spiro atoms. The van der Waals surface area contributed by atoms with Crippen molar-refractivity contribution in [1.29, 1.82) is 0 Å². The highest BCUT2D eigenvalue weighted by Gasteiger charge is 2.58. The van der Waals surface area contributed by atoms with E-state index in [-0.39, 0.29) is 13.2 Å². The Kier molecular flexibility index (Phi) is 7.60. The predicted octanol–water partition coefficient (Wildman–Crippen LogP) is -5.65. The highest BCUT2D eigenvalue weighted by atomic mass is 32.3. The first-order valence-corrected chi connectivity index (χ1v) is 12.5. The summed E-state index contributed by atoms with van der Waals surface area (Å²) < 4.78 is 75.8. The van der Waals surface area contributed by atoms with E-state index in [9.17, 15) is 43.6 Å². The maximum atomic E-state index is 11.7. The lowest BCUT2D eigenvalue weighted by atomic mass is 9.97. The minimum atomic E-state index is -5.21. The molecule has 0 aromatic rings. The van der Waals surface area contributed by atoms with Gasteiger partial charge in [-0.25, -0.2) is 4.18 Å². The lowest BCUT2D eigenvalue weighted by Crippen LogP contribution is -2.65. The van der Waals surface area contributed by atoms with Crippen molar-refractivity contribution in [1.82, 2.24) is 0 Å². The van der Waals surface area contributed by atoms with Crippen molar-refractivity contribution in [2.75, 3.05) is 19.8 Å². The van der Waals surface area contributed by atoms with Gasteiger partial charge in [0.05, 0.1) is 19.8 Å². The summed E-state index contributed by atoms with van der Waals surface area (Å²) in [6.07, 6.45) is -21.2. The van der Waals surface area contributed by atoms with Crippen molar-refractivity contribution in [2.24, 2.45) is 0 Å². The Morgan fingerprint density at radius 1 is 0.722 bits per heavy atom.